The molecule has 0 aliphatic carbocycles. The molecule has 0 aromatic heterocycles. The minimum Gasteiger partial charge on any atom is -0.422 e. The van der Waals surface area contributed by atoms with Gasteiger partial charge >= 0.3 is 11.9 Å². The number of amides is 2. The Kier molecular flexibility index (Phi) is 12.0. The number of nitrogens with zero attached hydrogens (tertiary/aromatic N) is 2. The van der Waals surface area contributed by atoms with Crippen molar-refractivity contribution >= 4 is 91.2 Å². The van der Waals surface area contributed by atoms with Crippen molar-refractivity contribution in [2.75, 3.05) is 0 Å². The minimum atomic E-state index is -0.728. The maximum Gasteiger partial charge on any atom is 0.343 e. The first-order valence-corrected chi connectivity index (χ1v) is 15.1. The molecule has 0 aliphatic rings. The lowest BCUT2D eigenvalue weighted by atomic mass is 10.2. The first kappa shape index (κ1) is 33.5. The van der Waals surface area contributed by atoms with Crippen molar-refractivity contribution in [1.82, 2.24) is 10.9 Å². The number of hydrogen-bond acceptors (Lipinski definition) is 8. The fourth-order valence-electron chi connectivity index (χ4n) is 3.49. The second kappa shape index (κ2) is 16.1. The van der Waals surface area contributed by atoms with Gasteiger partial charge in [0.1, 0.15) is 17.9 Å². The van der Waals surface area contributed by atoms with Gasteiger partial charge in [0, 0.05) is 30.1 Å². The molecule has 0 saturated heterocycles. The van der Waals surface area contributed by atoms with E-state index in [1.165, 1.54) is 36.7 Å². The molecule has 228 valence electrons. The largest absolute Gasteiger partial charge is 0.422 e. The molecule has 14 heteroatoms. The predicted octanol–water partition coefficient (Wildman–Crippen LogP) is 6.95. The van der Waals surface area contributed by atoms with Crippen molar-refractivity contribution in [1.29, 1.82) is 0 Å². The van der Waals surface area contributed by atoms with Gasteiger partial charge < -0.3 is 9.47 Å². The van der Waals surface area contributed by atoms with Crippen LogP contribution in [0.4, 0.5) is 0 Å². The summed E-state index contributed by atoms with van der Waals surface area (Å²) in [6.45, 7) is 0. The highest BCUT2D eigenvalue weighted by Crippen LogP contribution is 2.24. The van der Waals surface area contributed by atoms with Crippen LogP contribution in [0.1, 0.15) is 38.3 Å². The van der Waals surface area contributed by atoms with Crippen molar-refractivity contribution in [3.63, 3.8) is 0 Å². The van der Waals surface area contributed by atoms with Crippen molar-refractivity contribution in [3.05, 3.63) is 126 Å². The molecular formula is C31H20Br2Cl2N4O6. The Balaban J connectivity index is 1.31. The lowest BCUT2D eigenvalue weighted by Gasteiger charge is -2.08. The molecule has 0 spiro atoms. The summed E-state index contributed by atoms with van der Waals surface area (Å²) in [7, 11) is 0. The Morgan fingerprint density at radius 1 is 0.622 bits per heavy atom. The standard InChI is InChI=1S/C31H20Br2Cl2N4O6/c32-22-5-11-26(44-30(42)18-1-7-24(34)8-2-18)20(13-22)16-36-38-28(40)15-29(41)39-37-17-21-14-23(33)6-12-27(21)45-31(43)19-3-9-25(35)10-4-19/h1-14,16-17H,15H2,(H,38,40)(H,39,41)/b36-16-,37-17+. The van der Waals surface area contributed by atoms with E-state index in [2.05, 4.69) is 52.9 Å². The first-order chi connectivity index (χ1) is 21.6. The monoisotopic (exact) mass is 772 g/mol. The van der Waals surface area contributed by atoms with Crippen molar-refractivity contribution < 1.29 is 28.7 Å². The highest BCUT2D eigenvalue weighted by atomic mass is 79.9. The molecular weight excluding hydrogens is 755 g/mol. The summed E-state index contributed by atoms with van der Waals surface area (Å²) < 4.78 is 12.3. The van der Waals surface area contributed by atoms with Crippen LogP contribution >= 0.6 is 55.1 Å². The second-order valence-corrected chi connectivity index (χ2v) is 11.6. The quantitative estimate of drug-likeness (QED) is 0.0589. The van der Waals surface area contributed by atoms with Crippen molar-refractivity contribution in [3.8, 4) is 11.5 Å². The molecule has 0 fully saturated rings. The average molecular weight is 775 g/mol. The van der Waals surface area contributed by atoms with E-state index in [1.54, 1.807) is 60.7 Å². The van der Waals surface area contributed by atoms with E-state index in [1.807, 2.05) is 0 Å². The van der Waals surface area contributed by atoms with E-state index in [0.29, 0.717) is 41.2 Å². The highest BCUT2D eigenvalue weighted by Gasteiger charge is 2.14. The third-order valence-electron chi connectivity index (χ3n) is 5.62. The summed E-state index contributed by atoms with van der Waals surface area (Å²) >= 11 is 18.4. The Morgan fingerprint density at radius 2 is 1.00 bits per heavy atom. The number of carbonyl (C=O) groups is 4. The molecule has 10 nitrogen and oxygen atoms in total. The fraction of sp³-hybridized carbons (Fsp3) is 0.0323. The van der Waals surface area contributed by atoms with Gasteiger partial charge in [0.05, 0.1) is 23.6 Å². The molecule has 0 heterocycles. The molecule has 0 atom stereocenters. The van der Waals surface area contributed by atoms with E-state index < -0.39 is 30.2 Å². The van der Waals surface area contributed by atoms with Gasteiger partial charge in [0.2, 0.25) is 11.8 Å². The molecule has 0 aliphatic heterocycles. The molecule has 2 amide bonds. The predicted molar refractivity (Wildman–Crippen MR) is 177 cm³/mol. The Labute approximate surface area is 283 Å². The molecule has 45 heavy (non-hydrogen) atoms. The van der Waals surface area contributed by atoms with Gasteiger partial charge in [-0.25, -0.2) is 20.4 Å². The van der Waals surface area contributed by atoms with Gasteiger partial charge in [-0.2, -0.15) is 10.2 Å². The minimum absolute atomic E-state index is 0.189. The summed E-state index contributed by atoms with van der Waals surface area (Å²) in [5, 5.41) is 8.68. The van der Waals surface area contributed by atoms with Gasteiger partial charge in [-0.3, -0.25) is 9.59 Å². The molecule has 0 radical (unpaired) electrons. The molecule has 0 saturated carbocycles. The van der Waals surface area contributed by atoms with Crippen LogP contribution in [-0.4, -0.2) is 36.2 Å². The van der Waals surface area contributed by atoms with E-state index in [-0.39, 0.29) is 11.5 Å². The van der Waals surface area contributed by atoms with Crippen LogP contribution in [0.2, 0.25) is 10.0 Å². The normalized spacial score (nSPS) is 10.9. The van der Waals surface area contributed by atoms with E-state index in [0.717, 1.165) is 0 Å². The van der Waals surface area contributed by atoms with E-state index in [9.17, 15) is 19.2 Å². The summed E-state index contributed by atoms with van der Waals surface area (Å²) in [4.78, 5) is 49.6. The number of hydrogen-bond donors (Lipinski definition) is 2. The maximum absolute atomic E-state index is 12.5. The fourth-order valence-corrected chi connectivity index (χ4v) is 4.50. The number of benzene rings is 4. The second-order valence-electron chi connectivity index (χ2n) is 8.92. The molecule has 0 unspecified atom stereocenters. The third-order valence-corrected chi connectivity index (χ3v) is 7.11. The zero-order valence-corrected chi connectivity index (χ0v) is 27.5. The summed E-state index contributed by atoms with van der Waals surface area (Å²) in [6, 6.07) is 22.1. The number of halogens is 4. The molecule has 4 aromatic rings. The lowest BCUT2D eigenvalue weighted by Crippen LogP contribution is -2.27. The summed E-state index contributed by atoms with van der Waals surface area (Å²) in [5.74, 6) is -2.30. The molecule has 4 rings (SSSR count). The maximum atomic E-state index is 12.5. The number of esters is 2. The van der Waals surface area contributed by atoms with Gasteiger partial charge in [-0.1, -0.05) is 55.1 Å². The van der Waals surface area contributed by atoms with Crippen LogP contribution in [0.5, 0.6) is 11.5 Å². The third kappa shape index (κ3) is 10.4. The van der Waals surface area contributed by atoms with Crippen LogP contribution in [0.15, 0.2) is 104 Å². The number of hydrazone groups is 2. The number of carbonyl (C=O) groups excluding carboxylic acids is 4. The number of ether oxygens (including phenoxy) is 2. The zero-order chi connectivity index (χ0) is 32.3. The summed E-state index contributed by atoms with van der Waals surface area (Å²) in [6.07, 6.45) is 1.94. The highest BCUT2D eigenvalue weighted by molar-refractivity contribution is 9.10. The molecule has 2 N–H and O–H groups in total. The average Bonchev–Trinajstić information content (AvgIpc) is 3.00. The van der Waals surface area contributed by atoms with E-state index >= 15 is 0 Å². The van der Waals surface area contributed by atoms with Gasteiger partial charge in [0.25, 0.3) is 0 Å². The lowest BCUT2D eigenvalue weighted by molar-refractivity contribution is -0.129. The van der Waals surface area contributed by atoms with Gasteiger partial charge in [0.15, 0.2) is 0 Å². The van der Waals surface area contributed by atoms with Crippen LogP contribution in [-0.2, 0) is 9.59 Å². The Hall–Kier alpha value is -4.36. The zero-order valence-electron chi connectivity index (χ0n) is 22.8. The van der Waals surface area contributed by atoms with E-state index in [4.69, 9.17) is 32.7 Å². The first-order valence-electron chi connectivity index (χ1n) is 12.8. The van der Waals surface area contributed by atoms with Crippen LogP contribution in [0.3, 0.4) is 0 Å². The van der Waals surface area contributed by atoms with Gasteiger partial charge in [-0.05, 0) is 84.9 Å². The molecule has 4 aromatic carbocycles. The molecule has 0 bridgehead atoms. The SMILES string of the molecule is O=C(CC(=O)N/N=C/c1cc(Br)ccc1OC(=O)c1ccc(Cl)cc1)N/N=C\c1cc(Br)ccc1OC(=O)c1ccc(Cl)cc1. The van der Waals surface area contributed by atoms with Crippen LogP contribution in [0, 0.1) is 0 Å². The Morgan fingerprint density at radius 3 is 1.38 bits per heavy atom. The number of nitrogens with one attached hydrogen (secondary N) is 2. The summed E-state index contributed by atoms with van der Waals surface area (Å²) in [5.41, 5.74) is 5.82. The van der Waals surface area contributed by atoms with Crippen LogP contribution in [0.25, 0.3) is 0 Å². The Bertz CT molecular complexity index is 1670. The van der Waals surface area contributed by atoms with Crippen molar-refractivity contribution in [2.24, 2.45) is 10.2 Å². The smallest absolute Gasteiger partial charge is 0.343 e. The van der Waals surface area contributed by atoms with Gasteiger partial charge in [-0.15, -0.1) is 0 Å². The van der Waals surface area contributed by atoms with Crippen LogP contribution < -0.4 is 20.3 Å². The topological polar surface area (TPSA) is 136 Å². The van der Waals surface area contributed by atoms with Crippen molar-refractivity contribution in [2.45, 2.75) is 6.42 Å². The number of rotatable bonds is 10.